The van der Waals surface area contributed by atoms with Crippen LogP contribution in [0.3, 0.4) is 0 Å². The summed E-state index contributed by atoms with van der Waals surface area (Å²) in [5.74, 6) is 2.08. The largest absolute Gasteiger partial charge is 0.388 e. The molecular formula is C49H55N4S2+. The van der Waals surface area contributed by atoms with Crippen molar-refractivity contribution in [2.75, 3.05) is 30.9 Å². The zero-order valence-electron chi connectivity index (χ0n) is 33.7. The summed E-state index contributed by atoms with van der Waals surface area (Å²) in [5, 5.41) is 5.97. The monoisotopic (exact) mass is 763 g/mol. The van der Waals surface area contributed by atoms with Crippen LogP contribution in [0.25, 0.3) is 34.0 Å². The van der Waals surface area contributed by atoms with Crippen LogP contribution in [-0.4, -0.2) is 45.0 Å². The maximum absolute atomic E-state index is 4.54. The topological polar surface area (TPSA) is 24.9 Å². The molecule has 0 atom stereocenters. The minimum atomic E-state index is -0.212. The molecule has 55 heavy (non-hydrogen) atoms. The van der Waals surface area contributed by atoms with Crippen LogP contribution in [0, 0.1) is 13.8 Å². The number of rotatable bonds is 14. The zero-order valence-corrected chi connectivity index (χ0v) is 35.4. The van der Waals surface area contributed by atoms with E-state index in [-0.39, 0.29) is 10.8 Å². The quantitative estimate of drug-likeness (QED) is 0.0518. The molecule has 6 heteroatoms. The molecule has 3 heterocycles. The van der Waals surface area contributed by atoms with Gasteiger partial charge >= 0.3 is 0 Å². The lowest BCUT2D eigenvalue weighted by Crippen LogP contribution is -2.26. The Kier molecular flexibility index (Phi) is 11.1. The molecule has 1 aliphatic rings. The van der Waals surface area contributed by atoms with E-state index in [1.54, 1.807) is 0 Å². The van der Waals surface area contributed by atoms with Crippen molar-refractivity contribution in [3.63, 3.8) is 0 Å². The van der Waals surface area contributed by atoms with Gasteiger partial charge in [0, 0.05) is 105 Å². The van der Waals surface area contributed by atoms with Gasteiger partial charge in [0.1, 0.15) is 7.05 Å². The first-order chi connectivity index (χ1) is 26.5. The second kappa shape index (κ2) is 15.8. The number of hydrogen-bond donors (Lipinski definition) is 1. The number of para-hydroxylation sites is 4. The van der Waals surface area contributed by atoms with E-state index < -0.39 is 0 Å². The highest BCUT2D eigenvalue weighted by atomic mass is 33.1. The number of benzene rings is 4. The standard InChI is InChI=1S/C49H55N4S2/c1-34(48(4,5)41-20-12-14-22-43(41)50-8)26-27-37-35(2)52(44-23-15-10-18-39(37)44)30-32-54-55-33-31-53-36(3)38(40-19-11-16-24-45(40)53)28-29-47-49(6,7)42-21-13-17-25-46(42)51(47)9/h10-29,50H,1,30-33H2,2-9H3/q+1/b27-26+. The zero-order chi connectivity index (χ0) is 38.9. The Labute approximate surface area is 336 Å². The molecular weight excluding hydrogens is 709 g/mol. The van der Waals surface area contributed by atoms with Gasteiger partial charge in [-0.3, -0.25) is 0 Å². The molecule has 7 rings (SSSR count). The average molecular weight is 764 g/mol. The minimum Gasteiger partial charge on any atom is -0.388 e. The van der Waals surface area contributed by atoms with Crippen molar-refractivity contribution in [1.29, 1.82) is 0 Å². The van der Waals surface area contributed by atoms with E-state index in [1.807, 2.05) is 28.6 Å². The fraction of sp³-hybridized carbons (Fsp3) is 0.286. The Morgan fingerprint density at radius 2 is 1.27 bits per heavy atom. The average Bonchev–Trinajstić information content (AvgIpc) is 3.70. The molecule has 0 bridgehead atoms. The molecule has 0 radical (unpaired) electrons. The van der Waals surface area contributed by atoms with Gasteiger partial charge in [-0.1, -0.05) is 127 Å². The van der Waals surface area contributed by atoms with Gasteiger partial charge in [0.05, 0.1) is 5.41 Å². The first-order valence-corrected chi connectivity index (χ1v) is 21.9. The molecule has 0 saturated carbocycles. The maximum atomic E-state index is 4.54. The SMILES string of the molecule is C=C(/C=C/c1c(C)n(CCSSCCn2c(C)c(/C=C/C3=[N+](C)c4ccccc4C3(C)C)c3ccccc32)c2ccccc12)C(C)(C)c1ccccc1NC. The number of anilines is 1. The highest BCUT2D eigenvalue weighted by Gasteiger charge is 2.42. The molecule has 0 saturated heterocycles. The first-order valence-electron chi connectivity index (χ1n) is 19.4. The second-order valence-electron chi connectivity index (χ2n) is 15.7. The van der Waals surface area contributed by atoms with Crippen LogP contribution in [0.2, 0.25) is 0 Å². The molecule has 6 aromatic rings. The molecule has 0 aliphatic carbocycles. The molecule has 1 N–H and O–H groups in total. The summed E-state index contributed by atoms with van der Waals surface area (Å²) in [6, 6.07) is 35.0. The van der Waals surface area contributed by atoms with Gasteiger partial charge in [0.25, 0.3) is 0 Å². The predicted molar refractivity (Wildman–Crippen MR) is 245 cm³/mol. The maximum Gasteiger partial charge on any atom is 0.209 e. The van der Waals surface area contributed by atoms with Crippen molar-refractivity contribution in [2.45, 2.75) is 65.5 Å². The summed E-state index contributed by atoms with van der Waals surface area (Å²) in [6.45, 7) is 20.2. The van der Waals surface area contributed by atoms with E-state index >= 15 is 0 Å². The lowest BCUT2D eigenvalue weighted by molar-refractivity contribution is -0.401. The Morgan fingerprint density at radius 1 is 0.745 bits per heavy atom. The van der Waals surface area contributed by atoms with Gasteiger partial charge in [-0.2, -0.15) is 4.58 Å². The third-order valence-corrected chi connectivity index (χ3v) is 14.3. The number of hydrogen-bond acceptors (Lipinski definition) is 3. The van der Waals surface area contributed by atoms with Crippen LogP contribution in [-0.2, 0) is 23.9 Å². The van der Waals surface area contributed by atoms with E-state index in [4.69, 9.17) is 0 Å². The van der Waals surface area contributed by atoms with E-state index in [2.05, 4.69) is 196 Å². The van der Waals surface area contributed by atoms with Crippen LogP contribution >= 0.6 is 21.6 Å². The van der Waals surface area contributed by atoms with Crippen molar-refractivity contribution in [3.8, 4) is 0 Å². The molecule has 4 nitrogen and oxygen atoms in total. The molecule has 0 amide bonds. The van der Waals surface area contributed by atoms with Gasteiger partial charge in [-0.15, -0.1) is 0 Å². The van der Waals surface area contributed by atoms with Crippen LogP contribution in [0.1, 0.15) is 61.3 Å². The molecule has 1 aliphatic heterocycles. The number of aryl methyl sites for hydroxylation is 2. The number of fused-ring (bicyclic) bond motifs is 3. The lowest BCUT2D eigenvalue weighted by atomic mass is 9.77. The van der Waals surface area contributed by atoms with Crippen molar-refractivity contribution in [1.82, 2.24) is 9.13 Å². The minimum absolute atomic E-state index is 0.0441. The Hall–Kier alpha value is -4.65. The Morgan fingerprint density at radius 3 is 1.87 bits per heavy atom. The predicted octanol–water partition coefficient (Wildman–Crippen LogP) is 12.6. The molecule has 0 spiro atoms. The molecule has 282 valence electrons. The normalized spacial score (nSPS) is 14.3. The summed E-state index contributed by atoms with van der Waals surface area (Å²) in [7, 11) is 8.13. The van der Waals surface area contributed by atoms with Crippen molar-refractivity contribution in [2.24, 2.45) is 0 Å². The van der Waals surface area contributed by atoms with E-state index in [0.717, 1.165) is 35.9 Å². The highest BCUT2D eigenvalue weighted by molar-refractivity contribution is 8.76. The van der Waals surface area contributed by atoms with Crippen LogP contribution in [0.4, 0.5) is 11.4 Å². The van der Waals surface area contributed by atoms with Gasteiger partial charge < -0.3 is 14.5 Å². The fourth-order valence-electron chi connectivity index (χ4n) is 8.56. The number of allylic oxidation sites excluding steroid dienone is 3. The van der Waals surface area contributed by atoms with Gasteiger partial charge in [-0.25, -0.2) is 0 Å². The van der Waals surface area contributed by atoms with Crippen molar-refractivity contribution >= 4 is 72.6 Å². The smallest absolute Gasteiger partial charge is 0.209 e. The van der Waals surface area contributed by atoms with Crippen molar-refractivity contribution < 1.29 is 4.58 Å². The Balaban J connectivity index is 1.01. The van der Waals surface area contributed by atoms with Gasteiger partial charge in [0.2, 0.25) is 5.69 Å². The fourth-order valence-corrected chi connectivity index (χ4v) is 10.5. The number of nitrogens with one attached hydrogen (secondary N) is 1. The van der Waals surface area contributed by atoms with E-state index in [9.17, 15) is 0 Å². The van der Waals surface area contributed by atoms with E-state index in [0.29, 0.717) is 0 Å². The summed E-state index contributed by atoms with van der Waals surface area (Å²) in [6.07, 6.45) is 9.19. The number of nitrogens with zero attached hydrogens (tertiary/aromatic N) is 3. The van der Waals surface area contributed by atoms with E-state index in [1.165, 1.54) is 66.8 Å². The summed E-state index contributed by atoms with van der Waals surface area (Å²) in [5.41, 5.74) is 15.0. The van der Waals surface area contributed by atoms with Gasteiger partial charge in [-0.05, 0) is 63.1 Å². The summed E-state index contributed by atoms with van der Waals surface area (Å²) in [4.78, 5) is 0. The molecule has 0 fully saturated rings. The molecule has 0 unspecified atom stereocenters. The summed E-state index contributed by atoms with van der Waals surface area (Å²) < 4.78 is 7.36. The van der Waals surface area contributed by atoms with Crippen LogP contribution in [0.15, 0.2) is 121 Å². The summed E-state index contributed by atoms with van der Waals surface area (Å²) >= 11 is 0. The van der Waals surface area contributed by atoms with Crippen LogP contribution in [0.5, 0.6) is 0 Å². The third-order valence-electron chi connectivity index (χ3n) is 11.9. The first kappa shape index (κ1) is 38.6. The second-order valence-corrected chi connectivity index (χ2v) is 18.4. The van der Waals surface area contributed by atoms with Gasteiger partial charge in [0.15, 0.2) is 5.71 Å². The lowest BCUT2D eigenvalue weighted by Gasteiger charge is -2.28. The Bertz CT molecular complexity index is 2490. The highest BCUT2D eigenvalue weighted by Crippen LogP contribution is 2.40. The molecule has 4 aromatic carbocycles. The third kappa shape index (κ3) is 7.16. The van der Waals surface area contributed by atoms with Crippen LogP contribution < -0.4 is 5.32 Å². The van der Waals surface area contributed by atoms with Crippen molar-refractivity contribution in [3.05, 3.63) is 155 Å². The number of aromatic nitrogens is 2. The molecule has 2 aromatic heterocycles.